The largest absolute Gasteiger partial charge is 0.478 e. The van der Waals surface area contributed by atoms with Crippen molar-refractivity contribution < 1.29 is 13.9 Å². The number of oxazole rings is 1. The highest BCUT2D eigenvalue weighted by Crippen LogP contribution is 2.29. The molecule has 0 aliphatic heterocycles. The monoisotopic (exact) mass is 442 g/mol. The SMILES string of the molecule is Cc1cccc(-c2nc3cc(NC(=O)C(C)(C)Oc4ccc(C(C)(C)C)cc4)ccc3o2)c1. The molecule has 0 bridgehead atoms. The van der Waals surface area contributed by atoms with Gasteiger partial charge in [-0.3, -0.25) is 4.79 Å². The van der Waals surface area contributed by atoms with E-state index in [4.69, 9.17) is 9.15 Å². The van der Waals surface area contributed by atoms with Gasteiger partial charge in [0.15, 0.2) is 11.2 Å². The number of carbonyl (C=O) groups excluding carboxylic acids is 1. The van der Waals surface area contributed by atoms with E-state index in [9.17, 15) is 4.79 Å². The Morgan fingerprint density at radius 2 is 1.67 bits per heavy atom. The number of aryl methyl sites for hydroxylation is 1. The molecule has 0 unspecified atom stereocenters. The minimum absolute atomic E-state index is 0.0599. The van der Waals surface area contributed by atoms with Gasteiger partial charge in [-0.1, -0.05) is 50.6 Å². The minimum Gasteiger partial charge on any atom is -0.478 e. The van der Waals surface area contributed by atoms with Crippen molar-refractivity contribution in [2.24, 2.45) is 0 Å². The summed E-state index contributed by atoms with van der Waals surface area (Å²) >= 11 is 0. The zero-order valence-electron chi connectivity index (χ0n) is 20.0. The first kappa shape index (κ1) is 22.6. The van der Waals surface area contributed by atoms with Gasteiger partial charge < -0.3 is 14.5 Å². The summed E-state index contributed by atoms with van der Waals surface area (Å²) in [5.74, 6) is 0.960. The van der Waals surface area contributed by atoms with Gasteiger partial charge in [0.1, 0.15) is 11.3 Å². The van der Waals surface area contributed by atoms with Crippen LogP contribution in [0.4, 0.5) is 5.69 Å². The molecule has 1 N–H and O–H groups in total. The zero-order chi connectivity index (χ0) is 23.8. The normalized spacial score (nSPS) is 12.1. The summed E-state index contributed by atoms with van der Waals surface area (Å²) in [4.78, 5) is 17.6. The van der Waals surface area contributed by atoms with Crippen molar-refractivity contribution in [2.45, 2.75) is 52.6 Å². The van der Waals surface area contributed by atoms with Crippen molar-refractivity contribution in [2.75, 3.05) is 5.32 Å². The van der Waals surface area contributed by atoms with Gasteiger partial charge in [0.05, 0.1) is 0 Å². The quantitative estimate of drug-likeness (QED) is 0.365. The molecule has 0 fully saturated rings. The fraction of sp³-hybridized carbons (Fsp3) is 0.286. The van der Waals surface area contributed by atoms with Crippen molar-refractivity contribution >= 4 is 22.7 Å². The fourth-order valence-corrected chi connectivity index (χ4v) is 3.55. The molecule has 0 spiro atoms. The average molecular weight is 443 g/mol. The van der Waals surface area contributed by atoms with Crippen molar-refractivity contribution in [1.29, 1.82) is 0 Å². The molecular weight excluding hydrogens is 412 g/mol. The number of anilines is 1. The molecule has 4 aromatic rings. The number of fused-ring (bicyclic) bond motifs is 1. The van der Waals surface area contributed by atoms with Gasteiger partial charge in [0.25, 0.3) is 5.91 Å². The lowest BCUT2D eigenvalue weighted by Crippen LogP contribution is -2.42. The van der Waals surface area contributed by atoms with Crippen molar-refractivity contribution in [3.63, 3.8) is 0 Å². The third-order valence-electron chi connectivity index (χ3n) is 5.55. The highest BCUT2D eigenvalue weighted by Gasteiger charge is 2.30. The van der Waals surface area contributed by atoms with Gasteiger partial charge in [0.2, 0.25) is 5.89 Å². The summed E-state index contributed by atoms with van der Waals surface area (Å²) < 4.78 is 11.9. The molecule has 3 aromatic carbocycles. The maximum absolute atomic E-state index is 13.0. The van der Waals surface area contributed by atoms with Crippen LogP contribution in [0.2, 0.25) is 0 Å². The number of nitrogens with zero attached hydrogens (tertiary/aromatic N) is 1. The molecule has 170 valence electrons. The van der Waals surface area contributed by atoms with Gasteiger partial charge in [0, 0.05) is 11.3 Å². The topological polar surface area (TPSA) is 64.4 Å². The van der Waals surface area contributed by atoms with Crippen molar-refractivity contribution in [3.8, 4) is 17.2 Å². The first-order chi connectivity index (χ1) is 15.5. The Bertz CT molecular complexity index is 1290. The van der Waals surface area contributed by atoms with Crippen LogP contribution in [0.25, 0.3) is 22.6 Å². The standard InChI is InChI=1S/C28H30N2O3/c1-18-8-7-9-19(16-18)25-30-23-17-21(12-15-24(23)32-25)29-26(31)28(5,6)33-22-13-10-20(11-14-22)27(2,3)4/h7-17H,1-6H3,(H,29,31). The van der Waals surface area contributed by atoms with Crippen LogP contribution in [0, 0.1) is 6.92 Å². The van der Waals surface area contributed by atoms with Crippen LogP contribution in [-0.2, 0) is 10.2 Å². The summed E-state index contributed by atoms with van der Waals surface area (Å²) in [5.41, 5.74) is 4.25. The molecule has 1 aromatic heterocycles. The van der Waals surface area contributed by atoms with E-state index in [0.717, 1.165) is 11.1 Å². The lowest BCUT2D eigenvalue weighted by molar-refractivity contribution is -0.128. The molecule has 5 heteroatoms. The molecular formula is C28H30N2O3. The van der Waals surface area contributed by atoms with E-state index in [-0.39, 0.29) is 11.3 Å². The van der Waals surface area contributed by atoms with Crippen LogP contribution >= 0.6 is 0 Å². The van der Waals surface area contributed by atoms with E-state index >= 15 is 0 Å². The van der Waals surface area contributed by atoms with Gasteiger partial charge >= 0.3 is 0 Å². The number of aromatic nitrogens is 1. The van der Waals surface area contributed by atoms with Crippen LogP contribution < -0.4 is 10.1 Å². The Kier molecular flexibility index (Phi) is 5.75. The smallest absolute Gasteiger partial charge is 0.267 e. The summed E-state index contributed by atoms with van der Waals surface area (Å²) in [6.07, 6.45) is 0. The number of amides is 1. The Hall–Kier alpha value is -3.60. The number of ether oxygens (including phenoxy) is 1. The first-order valence-corrected chi connectivity index (χ1v) is 11.1. The lowest BCUT2D eigenvalue weighted by atomic mass is 9.87. The van der Waals surface area contributed by atoms with Gasteiger partial charge in [-0.2, -0.15) is 0 Å². The second-order valence-electron chi connectivity index (χ2n) is 9.91. The number of carbonyl (C=O) groups is 1. The molecule has 0 atom stereocenters. The van der Waals surface area contributed by atoms with Crippen LogP contribution in [0.3, 0.4) is 0 Å². The number of hydrogen-bond donors (Lipinski definition) is 1. The van der Waals surface area contributed by atoms with E-state index in [1.807, 2.05) is 67.6 Å². The average Bonchev–Trinajstić information content (AvgIpc) is 3.17. The molecule has 4 rings (SSSR count). The third-order valence-corrected chi connectivity index (χ3v) is 5.55. The molecule has 0 aliphatic rings. The molecule has 0 saturated heterocycles. The molecule has 0 radical (unpaired) electrons. The Morgan fingerprint density at radius 1 is 0.939 bits per heavy atom. The predicted molar refractivity (Wildman–Crippen MR) is 133 cm³/mol. The van der Waals surface area contributed by atoms with E-state index in [2.05, 4.69) is 31.1 Å². The summed E-state index contributed by atoms with van der Waals surface area (Å²) in [6, 6.07) is 21.3. The molecule has 1 amide bonds. The van der Waals surface area contributed by atoms with E-state index in [1.165, 1.54) is 5.56 Å². The van der Waals surface area contributed by atoms with Crippen molar-refractivity contribution in [3.05, 3.63) is 77.9 Å². The van der Waals surface area contributed by atoms with Crippen LogP contribution in [0.15, 0.2) is 71.1 Å². The van der Waals surface area contributed by atoms with Crippen molar-refractivity contribution in [1.82, 2.24) is 4.98 Å². The van der Waals surface area contributed by atoms with E-state index < -0.39 is 5.60 Å². The minimum atomic E-state index is -1.06. The first-order valence-electron chi connectivity index (χ1n) is 11.1. The van der Waals surface area contributed by atoms with Gasteiger partial charge in [-0.25, -0.2) is 4.98 Å². The molecule has 5 nitrogen and oxygen atoms in total. The maximum atomic E-state index is 13.0. The lowest BCUT2D eigenvalue weighted by Gasteiger charge is -2.26. The van der Waals surface area contributed by atoms with Crippen LogP contribution in [-0.4, -0.2) is 16.5 Å². The van der Waals surface area contributed by atoms with Gasteiger partial charge in [-0.05, 0) is 74.2 Å². The summed E-state index contributed by atoms with van der Waals surface area (Å²) in [7, 11) is 0. The number of rotatable bonds is 5. The maximum Gasteiger partial charge on any atom is 0.267 e. The fourth-order valence-electron chi connectivity index (χ4n) is 3.55. The van der Waals surface area contributed by atoms with Gasteiger partial charge in [-0.15, -0.1) is 0 Å². The molecule has 0 aliphatic carbocycles. The molecule has 33 heavy (non-hydrogen) atoms. The number of hydrogen-bond acceptors (Lipinski definition) is 4. The zero-order valence-corrected chi connectivity index (χ0v) is 20.0. The number of nitrogens with one attached hydrogen (secondary N) is 1. The summed E-state index contributed by atoms with van der Waals surface area (Å²) in [6.45, 7) is 12.0. The van der Waals surface area contributed by atoms with Crippen LogP contribution in [0.5, 0.6) is 5.75 Å². The summed E-state index contributed by atoms with van der Waals surface area (Å²) in [5, 5.41) is 2.94. The Morgan fingerprint density at radius 3 is 2.33 bits per heavy atom. The highest BCUT2D eigenvalue weighted by molar-refractivity contribution is 5.98. The third kappa shape index (κ3) is 5.08. The molecule has 1 heterocycles. The second kappa shape index (κ2) is 8.39. The second-order valence-corrected chi connectivity index (χ2v) is 9.91. The predicted octanol–water partition coefficient (Wildman–Crippen LogP) is 6.90. The van der Waals surface area contributed by atoms with E-state index in [0.29, 0.717) is 28.4 Å². The van der Waals surface area contributed by atoms with Crippen LogP contribution in [0.1, 0.15) is 45.7 Å². The Balaban J connectivity index is 1.49. The molecule has 0 saturated carbocycles. The van der Waals surface area contributed by atoms with E-state index in [1.54, 1.807) is 19.9 Å². The highest BCUT2D eigenvalue weighted by atomic mass is 16.5. The number of benzene rings is 3. The Labute approximate surface area is 194 Å².